The quantitative estimate of drug-likeness (QED) is 0.800. The van der Waals surface area contributed by atoms with Crippen LogP contribution in [0.2, 0.25) is 0 Å². The van der Waals surface area contributed by atoms with Crippen LogP contribution in [-0.4, -0.2) is 20.5 Å². The van der Waals surface area contributed by atoms with E-state index in [9.17, 15) is 8.42 Å². The summed E-state index contributed by atoms with van der Waals surface area (Å²) in [4.78, 5) is 0.203. The average molecular weight is 377 g/mol. The van der Waals surface area contributed by atoms with Gasteiger partial charge < -0.3 is 9.73 Å². The van der Waals surface area contributed by atoms with E-state index in [1.807, 2.05) is 0 Å². The van der Waals surface area contributed by atoms with Crippen molar-refractivity contribution in [3.63, 3.8) is 0 Å². The van der Waals surface area contributed by atoms with Gasteiger partial charge in [0, 0.05) is 18.2 Å². The minimum Gasteiger partial charge on any atom is -0.452 e. The summed E-state index contributed by atoms with van der Waals surface area (Å²) in [5.74, 6) is 1.04. The highest BCUT2D eigenvalue weighted by Crippen LogP contribution is 2.30. The van der Waals surface area contributed by atoms with Crippen molar-refractivity contribution >= 4 is 26.0 Å². The molecule has 0 aliphatic heterocycles. The minimum absolute atomic E-state index is 0.0323. The Morgan fingerprint density at radius 3 is 2.71 bits per heavy atom. The van der Waals surface area contributed by atoms with Crippen molar-refractivity contribution in [2.24, 2.45) is 5.92 Å². The Hall–Kier alpha value is -0.370. The van der Waals surface area contributed by atoms with E-state index in [4.69, 9.17) is 4.42 Å². The molecular weight excluding hydrogens is 356 g/mol. The molecular formula is C14H21BrN2O3S. The average Bonchev–Trinajstić information content (AvgIpc) is 3.05. The van der Waals surface area contributed by atoms with Crippen molar-refractivity contribution in [1.82, 2.24) is 10.0 Å². The van der Waals surface area contributed by atoms with Crippen molar-refractivity contribution in [2.75, 3.05) is 0 Å². The van der Waals surface area contributed by atoms with Crippen LogP contribution in [0, 0.1) is 5.92 Å². The minimum atomic E-state index is -3.53. The second kappa shape index (κ2) is 6.02. The lowest BCUT2D eigenvalue weighted by Gasteiger charge is -2.16. The van der Waals surface area contributed by atoms with Crippen molar-refractivity contribution < 1.29 is 12.8 Å². The first kappa shape index (κ1) is 15.5. The molecule has 2 unspecified atom stereocenters. The van der Waals surface area contributed by atoms with E-state index in [0.717, 1.165) is 19.3 Å². The van der Waals surface area contributed by atoms with E-state index in [0.29, 0.717) is 24.3 Å². The van der Waals surface area contributed by atoms with Gasteiger partial charge in [0.15, 0.2) is 4.67 Å². The third kappa shape index (κ3) is 3.70. The zero-order valence-electron chi connectivity index (χ0n) is 12.1. The molecule has 0 saturated heterocycles. The van der Waals surface area contributed by atoms with Gasteiger partial charge in [0.05, 0.1) is 6.54 Å². The summed E-state index contributed by atoms with van der Waals surface area (Å²) in [6.45, 7) is 2.66. The van der Waals surface area contributed by atoms with Crippen LogP contribution in [0.3, 0.4) is 0 Å². The molecule has 0 amide bonds. The summed E-state index contributed by atoms with van der Waals surface area (Å²) in [6, 6.07) is 2.21. The molecule has 2 atom stereocenters. The number of furan rings is 1. The molecule has 1 heterocycles. The summed E-state index contributed by atoms with van der Waals surface area (Å²) >= 11 is 3.23. The smallest absolute Gasteiger partial charge is 0.245 e. The van der Waals surface area contributed by atoms with E-state index in [2.05, 4.69) is 32.9 Å². The fraction of sp³-hybridized carbons (Fsp3) is 0.714. The SMILES string of the molecule is CC1CCCC1NS(=O)(=O)c1cc(CNC2CC2)oc1Br. The predicted octanol–water partition coefficient (Wildman–Crippen LogP) is 2.76. The number of hydrogen-bond donors (Lipinski definition) is 2. The van der Waals surface area contributed by atoms with Gasteiger partial charge in [-0.1, -0.05) is 13.3 Å². The predicted molar refractivity (Wildman–Crippen MR) is 83.4 cm³/mol. The van der Waals surface area contributed by atoms with E-state index in [1.54, 1.807) is 6.07 Å². The maximum Gasteiger partial charge on any atom is 0.245 e. The fourth-order valence-corrected chi connectivity index (χ4v) is 5.16. The van der Waals surface area contributed by atoms with Gasteiger partial charge in [0.2, 0.25) is 10.0 Å². The van der Waals surface area contributed by atoms with E-state index in [-0.39, 0.29) is 15.6 Å². The lowest BCUT2D eigenvalue weighted by Crippen LogP contribution is -2.36. The molecule has 0 aromatic carbocycles. The number of sulfonamides is 1. The second-order valence-electron chi connectivity index (χ2n) is 6.14. The number of hydrogen-bond acceptors (Lipinski definition) is 4. The molecule has 2 N–H and O–H groups in total. The third-order valence-corrected chi connectivity index (χ3v) is 6.65. The Labute approximate surface area is 134 Å². The summed E-state index contributed by atoms with van der Waals surface area (Å²) < 4.78 is 33.6. The molecule has 2 fully saturated rings. The summed E-state index contributed by atoms with van der Waals surface area (Å²) in [5.41, 5.74) is 0. The molecule has 0 bridgehead atoms. The standard InChI is InChI=1S/C14H21BrN2O3S/c1-9-3-2-4-12(9)17-21(18,19)13-7-11(20-14(13)15)8-16-10-5-6-10/h7,9-10,12,16-17H,2-6,8H2,1H3. The first-order valence-corrected chi connectivity index (χ1v) is 9.77. The molecule has 0 radical (unpaired) electrons. The summed E-state index contributed by atoms with van der Waals surface area (Å²) in [6.07, 6.45) is 5.45. The number of halogens is 1. The maximum absolute atomic E-state index is 12.5. The first-order chi connectivity index (χ1) is 9.95. The fourth-order valence-electron chi connectivity index (χ4n) is 2.78. The molecule has 21 heavy (non-hydrogen) atoms. The molecule has 118 valence electrons. The Bertz CT molecular complexity index is 610. The molecule has 5 nitrogen and oxygen atoms in total. The van der Waals surface area contributed by atoms with Crippen molar-refractivity contribution in [3.05, 3.63) is 16.5 Å². The Morgan fingerprint density at radius 2 is 2.10 bits per heavy atom. The normalized spacial score (nSPS) is 26.4. The lowest BCUT2D eigenvalue weighted by molar-refractivity contribution is 0.457. The van der Waals surface area contributed by atoms with Crippen LogP contribution >= 0.6 is 15.9 Å². The van der Waals surface area contributed by atoms with Crippen molar-refractivity contribution in [3.8, 4) is 0 Å². The number of rotatable bonds is 6. The third-order valence-electron chi connectivity index (χ3n) is 4.31. The van der Waals surface area contributed by atoms with Gasteiger partial charge in [-0.05, 0) is 47.5 Å². The molecule has 2 saturated carbocycles. The highest BCUT2D eigenvalue weighted by atomic mass is 79.9. The van der Waals surface area contributed by atoms with Crippen molar-refractivity contribution in [1.29, 1.82) is 0 Å². The van der Waals surface area contributed by atoms with Gasteiger partial charge in [0.25, 0.3) is 0 Å². The van der Waals surface area contributed by atoms with Crippen LogP contribution in [0.1, 0.15) is 44.8 Å². The molecule has 3 rings (SSSR count). The molecule has 7 heteroatoms. The Kier molecular flexibility index (Phi) is 4.45. The lowest BCUT2D eigenvalue weighted by atomic mass is 10.1. The molecule has 2 aliphatic carbocycles. The highest BCUT2D eigenvalue weighted by Gasteiger charge is 2.31. The van der Waals surface area contributed by atoms with Gasteiger partial charge in [0.1, 0.15) is 10.7 Å². The van der Waals surface area contributed by atoms with Gasteiger partial charge in [-0.15, -0.1) is 0 Å². The zero-order chi connectivity index (χ0) is 15.0. The topological polar surface area (TPSA) is 71.3 Å². The van der Waals surface area contributed by atoms with Crippen LogP contribution in [0.4, 0.5) is 0 Å². The number of nitrogens with one attached hydrogen (secondary N) is 2. The van der Waals surface area contributed by atoms with Crippen LogP contribution in [-0.2, 0) is 16.6 Å². The van der Waals surface area contributed by atoms with Crippen LogP contribution < -0.4 is 10.0 Å². The molecule has 1 aromatic heterocycles. The summed E-state index contributed by atoms with van der Waals surface area (Å²) in [7, 11) is -3.53. The van der Waals surface area contributed by atoms with E-state index < -0.39 is 10.0 Å². The highest BCUT2D eigenvalue weighted by molar-refractivity contribution is 9.10. The molecule has 0 spiro atoms. The van der Waals surface area contributed by atoms with Gasteiger partial charge in [-0.25, -0.2) is 13.1 Å². The van der Waals surface area contributed by atoms with Crippen LogP contribution in [0.15, 0.2) is 20.0 Å². The van der Waals surface area contributed by atoms with Gasteiger partial charge in [-0.2, -0.15) is 0 Å². The van der Waals surface area contributed by atoms with Crippen LogP contribution in [0.5, 0.6) is 0 Å². The van der Waals surface area contributed by atoms with Gasteiger partial charge in [-0.3, -0.25) is 0 Å². The van der Waals surface area contributed by atoms with E-state index >= 15 is 0 Å². The summed E-state index contributed by atoms with van der Waals surface area (Å²) in [5, 5.41) is 3.32. The Morgan fingerprint density at radius 1 is 1.33 bits per heavy atom. The largest absolute Gasteiger partial charge is 0.452 e. The second-order valence-corrected chi connectivity index (χ2v) is 8.54. The van der Waals surface area contributed by atoms with Crippen LogP contribution in [0.25, 0.3) is 0 Å². The van der Waals surface area contributed by atoms with E-state index in [1.165, 1.54) is 12.8 Å². The zero-order valence-corrected chi connectivity index (χ0v) is 14.5. The maximum atomic E-state index is 12.5. The first-order valence-electron chi connectivity index (χ1n) is 7.49. The van der Waals surface area contributed by atoms with Gasteiger partial charge >= 0.3 is 0 Å². The monoisotopic (exact) mass is 376 g/mol. The molecule has 1 aromatic rings. The Balaban J connectivity index is 1.71. The van der Waals surface area contributed by atoms with Crippen molar-refractivity contribution in [2.45, 2.75) is 62.6 Å². The molecule has 2 aliphatic rings.